The Labute approximate surface area is 216 Å². The third-order valence-electron chi connectivity index (χ3n) is 6.10. The maximum Gasteiger partial charge on any atom is 0.416 e. The lowest BCUT2D eigenvalue weighted by Gasteiger charge is -2.28. The summed E-state index contributed by atoms with van der Waals surface area (Å²) in [7, 11) is 0. The second-order valence-electron chi connectivity index (χ2n) is 8.52. The molecule has 1 aliphatic rings. The van der Waals surface area contributed by atoms with Crippen LogP contribution < -0.4 is 10.6 Å². The van der Waals surface area contributed by atoms with E-state index >= 15 is 0 Å². The molecule has 0 saturated carbocycles. The normalized spacial score (nSPS) is 17.5. The van der Waals surface area contributed by atoms with Gasteiger partial charge in [0, 0.05) is 29.5 Å². The van der Waals surface area contributed by atoms with Crippen molar-refractivity contribution in [1.29, 1.82) is 0 Å². The van der Waals surface area contributed by atoms with Crippen LogP contribution in [0.15, 0.2) is 97.3 Å². The Morgan fingerprint density at radius 3 is 2.51 bits per heavy atom. The van der Waals surface area contributed by atoms with Gasteiger partial charge in [0.05, 0.1) is 23.3 Å². The Balaban J connectivity index is 1.53. The monoisotopic (exact) mass is 521 g/mol. The van der Waals surface area contributed by atoms with Gasteiger partial charge in [0.25, 0.3) is 0 Å². The third-order valence-corrected chi connectivity index (χ3v) is 6.46. The molecule has 0 aliphatic carbocycles. The summed E-state index contributed by atoms with van der Waals surface area (Å²) in [5.74, 6) is -0.279. The number of amides is 1. The number of nitrogens with one attached hydrogen (secondary N) is 2. The highest BCUT2D eigenvalue weighted by molar-refractivity contribution is 7.80. The number of nitrogens with zero attached hydrogens (tertiary/aromatic N) is 3. The van der Waals surface area contributed by atoms with Crippen molar-refractivity contribution >= 4 is 28.9 Å². The molecule has 0 bridgehead atoms. The number of hydrogen-bond acceptors (Lipinski definition) is 3. The molecule has 5 rings (SSSR count). The predicted octanol–water partition coefficient (Wildman–Crippen LogP) is 5.50. The van der Waals surface area contributed by atoms with Gasteiger partial charge in [0.1, 0.15) is 6.54 Å². The number of rotatable bonds is 6. The largest absolute Gasteiger partial charge is 0.416 e. The minimum absolute atomic E-state index is 0.0670. The molecule has 10 heteroatoms. The SMILES string of the molecule is O=C(CN1C(=S)N[C@H](c2ccccn2)[C@@H]1c1cccn1-c1cccc(C(F)(F)F)c1)Nc1ccccc1. The molecule has 3 heterocycles. The quantitative estimate of drug-likeness (QED) is 0.328. The van der Waals surface area contributed by atoms with Gasteiger partial charge in [0.15, 0.2) is 5.11 Å². The van der Waals surface area contributed by atoms with E-state index in [9.17, 15) is 18.0 Å². The topological polar surface area (TPSA) is 62.2 Å². The van der Waals surface area contributed by atoms with Crippen LogP contribution in [-0.2, 0) is 11.0 Å². The van der Waals surface area contributed by atoms with E-state index in [2.05, 4.69) is 15.6 Å². The lowest BCUT2D eigenvalue weighted by Crippen LogP contribution is -2.37. The lowest BCUT2D eigenvalue weighted by molar-refractivity contribution is -0.137. The van der Waals surface area contributed by atoms with Gasteiger partial charge in [-0.2, -0.15) is 13.2 Å². The van der Waals surface area contributed by atoms with E-state index in [1.807, 2.05) is 36.4 Å². The second kappa shape index (κ2) is 10.1. The van der Waals surface area contributed by atoms with Gasteiger partial charge in [-0.3, -0.25) is 9.78 Å². The zero-order valence-electron chi connectivity index (χ0n) is 19.4. The van der Waals surface area contributed by atoms with Crippen LogP contribution >= 0.6 is 12.2 Å². The summed E-state index contributed by atoms with van der Waals surface area (Å²) < 4.78 is 42.0. The van der Waals surface area contributed by atoms with Gasteiger partial charge in [-0.1, -0.05) is 30.3 Å². The summed E-state index contributed by atoms with van der Waals surface area (Å²) in [5.41, 5.74) is 1.61. The third kappa shape index (κ3) is 5.19. The minimum atomic E-state index is -4.47. The number of para-hydroxylation sites is 1. The van der Waals surface area contributed by atoms with Crippen molar-refractivity contribution in [2.75, 3.05) is 11.9 Å². The number of anilines is 1. The van der Waals surface area contributed by atoms with E-state index in [4.69, 9.17) is 12.2 Å². The second-order valence-corrected chi connectivity index (χ2v) is 8.91. The maximum atomic E-state index is 13.4. The first-order chi connectivity index (χ1) is 17.8. The van der Waals surface area contributed by atoms with Crippen LogP contribution in [-0.4, -0.2) is 32.0 Å². The first-order valence-electron chi connectivity index (χ1n) is 11.5. The van der Waals surface area contributed by atoms with Crippen molar-refractivity contribution in [1.82, 2.24) is 19.8 Å². The van der Waals surface area contributed by atoms with Gasteiger partial charge in [0.2, 0.25) is 5.91 Å². The van der Waals surface area contributed by atoms with Gasteiger partial charge < -0.3 is 20.1 Å². The van der Waals surface area contributed by atoms with Gasteiger partial charge in [-0.05, 0) is 66.8 Å². The highest BCUT2D eigenvalue weighted by Gasteiger charge is 2.42. The van der Waals surface area contributed by atoms with Crippen LogP contribution in [0.25, 0.3) is 5.69 Å². The van der Waals surface area contributed by atoms with Crippen LogP contribution in [0.3, 0.4) is 0 Å². The van der Waals surface area contributed by atoms with Crippen LogP contribution in [0.2, 0.25) is 0 Å². The van der Waals surface area contributed by atoms with Crippen LogP contribution in [0.5, 0.6) is 0 Å². The first-order valence-corrected chi connectivity index (χ1v) is 11.9. The first kappa shape index (κ1) is 24.5. The van der Waals surface area contributed by atoms with Crippen molar-refractivity contribution in [3.63, 3.8) is 0 Å². The summed E-state index contributed by atoms with van der Waals surface area (Å²) in [4.78, 5) is 19.2. The molecular formula is C27H22F3N5OS. The summed E-state index contributed by atoms with van der Waals surface area (Å²) in [6.07, 6.45) is -1.12. The van der Waals surface area contributed by atoms with Crippen molar-refractivity contribution in [2.24, 2.45) is 0 Å². The Kier molecular flexibility index (Phi) is 6.66. The van der Waals surface area contributed by atoms with Crippen LogP contribution in [0.4, 0.5) is 18.9 Å². The van der Waals surface area contributed by atoms with Crippen molar-refractivity contribution in [2.45, 2.75) is 18.3 Å². The molecule has 0 unspecified atom stereocenters. The minimum Gasteiger partial charge on any atom is -0.352 e. The fraction of sp³-hybridized carbons (Fsp3) is 0.148. The van der Waals surface area contributed by atoms with Crippen molar-refractivity contribution in [3.8, 4) is 5.69 Å². The van der Waals surface area contributed by atoms with Crippen LogP contribution in [0, 0.1) is 0 Å². The van der Waals surface area contributed by atoms with E-state index in [1.54, 1.807) is 52.2 Å². The van der Waals surface area contributed by atoms with E-state index in [-0.39, 0.29) is 12.5 Å². The zero-order chi connectivity index (χ0) is 26.0. The molecule has 1 aliphatic heterocycles. The molecular weight excluding hydrogens is 499 g/mol. The zero-order valence-corrected chi connectivity index (χ0v) is 20.2. The average molecular weight is 522 g/mol. The van der Waals surface area contributed by atoms with Crippen molar-refractivity contribution < 1.29 is 18.0 Å². The van der Waals surface area contributed by atoms with E-state index < -0.39 is 23.8 Å². The molecule has 188 valence electrons. The number of halogens is 3. The molecule has 6 nitrogen and oxygen atoms in total. The Morgan fingerprint density at radius 2 is 1.78 bits per heavy atom. The molecule has 2 aromatic carbocycles. The molecule has 1 amide bonds. The number of alkyl halides is 3. The lowest BCUT2D eigenvalue weighted by atomic mass is 10.0. The Bertz CT molecular complexity index is 1410. The number of aromatic nitrogens is 2. The number of carbonyl (C=O) groups is 1. The molecule has 37 heavy (non-hydrogen) atoms. The van der Waals surface area contributed by atoms with Gasteiger partial charge in [-0.15, -0.1) is 0 Å². The predicted molar refractivity (Wildman–Crippen MR) is 138 cm³/mol. The summed E-state index contributed by atoms with van der Waals surface area (Å²) in [6.45, 7) is -0.0670. The van der Waals surface area contributed by atoms with Crippen LogP contribution in [0.1, 0.15) is 29.0 Å². The van der Waals surface area contributed by atoms with E-state index in [0.29, 0.717) is 27.9 Å². The highest BCUT2D eigenvalue weighted by Crippen LogP contribution is 2.40. The molecule has 1 fully saturated rings. The average Bonchev–Trinajstić information content (AvgIpc) is 3.49. The summed E-state index contributed by atoms with van der Waals surface area (Å²) in [6, 6.07) is 22.3. The molecule has 2 atom stereocenters. The number of carbonyl (C=O) groups excluding carboxylic acids is 1. The summed E-state index contributed by atoms with van der Waals surface area (Å²) in [5, 5.41) is 6.48. The Hall–Kier alpha value is -4.18. The smallest absolute Gasteiger partial charge is 0.352 e. The molecule has 2 N–H and O–H groups in total. The number of benzene rings is 2. The number of pyridine rings is 1. The van der Waals surface area contributed by atoms with E-state index in [0.717, 1.165) is 12.1 Å². The number of thiocarbonyl (C=S) groups is 1. The van der Waals surface area contributed by atoms with Gasteiger partial charge in [-0.25, -0.2) is 0 Å². The Morgan fingerprint density at radius 1 is 1.00 bits per heavy atom. The molecule has 2 aromatic heterocycles. The summed E-state index contributed by atoms with van der Waals surface area (Å²) >= 11 is 5.63. The van der Waals surface area contributed by atoms with Gasteiger partial charge >= 0.3 is 6.18 Å². The fourth-order valence-electron chi connectivity index (χ4n) is 4.48. The van der Waals surface area contributed by atoms with Crippen molar-refractivity contribution in [3.05, 3.63) is 114 Å². The fourth-order valence-corrected chi connectivity index (χ4v) is 4.78. The molecule has 0 spiro atoms. The molecule has 0 radical (unpaired) electrons. The van der Waals surface area contributed by atoms with E-state index in [1.165, 1.54) is 6.07 Å². The molecule has 1 saturated heterocycles. The maximum absolute atomic E-state index is 13.4. The number of hydrogen-bond donors (Lipinski definition) is 2. The molecule has 4 aromatic rings. The highest BCUT2D eigenvalue weighted by atomic mass is 32.1. The standard InChI is InChI=1S/C27H22F3N5OS/c28-27(29,30)18-8-6-11-20(16-18)34-15-7-13-22(34)25-24(21-12-4-5-14-31-21)33-26(37)35(25)17-23(36)32-19-9-2-1-3-10-19/h1-16,24-25H,17H2,(H,32,36)(H,33,37)/t24-,25+/m1/s1.